The third-order valence-corrected chi connectivity index (χ3v) is 3.88. The molecule has 0 aliphatic heterocycles. The molecule has 0 atom stereocenters. The molecule has 0 heterocycles. The summed E-state index contributed by atoms with van der Waals surface area (Å²) in [5, 5.41) is 3.02. The minimum atomic E-state index is -0.0278. The van der Waals surface area contributed by atoms with E-state index in [1.807, 2.05) is 50.5 Å². The van der Waals surface area contributed by atoms with Gasteiger partial charge in [0.2, 0.25) is 0 Å². The molecule has 1 N–H and O–H groups in total. The molecule has 0 fully saturated rings. The van der Waals surface area contributed by atoms with Gasteiger partial charge in [-0.25, -0.2) is 0 Å². The zero-order valence-corrected chi connectivity index (χ0v) is 14.5. The lowest BCUT2D eigenvalue weighted by molar-refractivity contribution is 0.0951. The largest absolute Gasteiger partial charge is 0.348 e. The number of carbonyl (C=O) groups is 1. The van der Waals surface area contributed by atoms with Crippen LogP contribution in [-0.4, -0.2) is 24.9 Å². The monoisotopic (exact) mass is 310 g/mol. The summed E-state index contributed by atoms with van der Waals surface area (Å²) in [6.45, 7) is 5.72. The molecule has 0 aromatic heterocycles. The first kappa shape index (κ1) is 17.2. The normalized spacial score (nSPS) is 11.0. The number of nitrogens with zero attached hydrogens (tertiary/aromatic N) is 1. The summed E-state index contributed by atoms with van der Waals surface area (Å²) in [7, 11) is 4.09. The number of hydrogen-bond acceptors (Lipinski definition) is 2. The van der Waals surface area contributed by atoms with Gasteiger partial charge >= 0.3 is 0 Å². The number of nitrogens with one attached hydrogen (secondary N) is 1. The van der Waals surface area contributed by atoms with E-state index >= 15 is 0 Å². The van der Waals surface area contributed by atoms with E-state index in [1.54, 1.807) is 0 Å². The van der Waals surface area contributed by atoms with E-state index in [4.69, 9.17) is 0 Å². The first-order valence-corrected chi connectivity index (χ1v) is 8.07. The Balaban J connectivity index is 2.02. The number of carbonyl (C=O) groups excluding carboxylic acids is 1. The molecule has 0 saturated heterocycles. The lowest BCUT2D eigenvalue weighted by atomic mass is 10.0. The second-order valence-corrected chi connectivity index (χ2v) is 6.47. The first-order chi connectivity index (χ1) is 11.0. The zero-order valence-electron chi connectivity index (χ0n) is 14.5. The fourth-order valence-electron chi connectivity index (χ4n) is 2.52. The molecule has 2 rings (SSSR count). The Morgan fingerprint density at radius 1 is 1.00 bits per heavy atom. The summed E-state index contributed by atoms with van der Waals surface area (Å²) in [4.78, 5) is 14.4. The number of hydrogen-bond donors (Lipinski definition) is 1. The first-order valence-electron chi connectivity index (χ1n) is 8.07. The van der Waals surface area contributed by atoms with Gasteiger partial charge in [0.25, 0.3) is 5.91 Å². The minimum absolute atomic E-state index is 0.0278. The fraction of sp³-hybridized carbons (Fsp3) is 0.350. The third kappa shape index (κ3) is 4.93. The lowest BCUT2D eigenvalue weighted by Gasteiger charge is -2.15. The number of rotatable bonds is 6. The predicted molar refractivity (Wildman–Crippen MR) is 95.5 cm³/mol. The van der Waals surface area contributed by atoms with Crippen molar-refractivity contribution in [3.8, 4) is 0 Å². The van der Waals surface area contributed by atoms with Gasteiger partial charge in [-0.1, -0.05) is 50.2 Å². The van der Waals surface area contributed by atoms with Gasteiger partial charge in [-0.2, -0.15) is 0 Å². The van der Waals surface area contributed by atoms with E-state index in [9.17, 15) is 4.79 Å². The second kappa shape index (κ2) is 7.93. The van der Waals surface area contributed by atoms with Crippen molar-refractivity contribution in [2.45, 2.75) is 32.9 Å². The number of amides is 1. The lowest BCUT2D eigenvalue weighted by Crippen LogP contribution is -2.24. The molecule has 0 radical (unpaired) electrons. The molecule has 0 unspecified atom stereocenters. The minimum Gasteiger partial charge on any atom is -0.348 e. The van der Waals surface area contributed by atoms with Crippen molar-refractivity contribution >= 4 is 5.91 Å². The molecule has 2 aromatic rings. The van der Waals surface area contributed by atoms with Gasteiger partial charge in [-0.15, -0.1) is 0 Å². The van der Waals surface area contributed by atoms with Crippen molar-refractivity contribution in [3.63, 3.8) is 0 Å². The summed E-state index contributed by atoms with van der Waals surface area (Å²) < 4.78 is 0. The van der Waals surface area contributed by atoms with Crippen LogP contribution in [0.4, 0.5) is 0 Å². The van der Waals surface area contributed by atoms with E-state index in [-0.39, 0.29) is 5.91 Å². The molecule has 3 nitrogen and oxygen atoms in total. The molecule has 0 aliphatic rings. The highest BCUT2D eigenvalue weighted by molar-refractivity contribution is 5.94. The summed E-state index contributed by atoms with van der Waals surface area (Å²) in [6, 6.07) is 16.1. The van der Waals surface area contributed by atoms with E-state index in [0.717, 1.165) is 12.1 Å². The molecule has 0 spiro atoms. The van der Waals surface area contributed by atoms with Crippen LogP contribution in [0.3, 0.4) is 0 Å². The molecule has 2 aromatic carbocycles. The van der Waals surface area contributed by atoms with Crippen LogP contribution in [0.2, 0.25) is 0 Å². The highest BCUT2D eigenvalue weighted by Crippen LogP contribution is 2.15. The van der Waals surface area contributed by atoms with Gasteiger partial charge in [-0.3, -0.25) is 4.79 Å². The van der Waals surface area contributed by atoms with Crippen molar-refractivity contribution in [2.24, 2.45) is 0 Å². The molecular weight excluding hydrogens is 284 g/mol. The maximum atomic E-state index is 12.3. The fourth-order valence-corrected chi connectivity index (χ4v) is 2.52. The Labute approximate surface area is 139 Å². The van der Waals surface area contributed by atoms with Crippen molar-refractivity contribution < 1.29 is 4.79 Å². The van der Waals surface area contributed by atoms with Crippen LogP contribution in [0.5, 0.6) is 0 Å². The molecule has 23 heavy (non-hydrogen) atoms. The SMILES string of the molecule is CC(C)c1ccc(C(=O)NCc2ccccc2CN(C)C)cc1. The Morgan fingerprint density at radius 2 is 1.61 bits per heavy atom. The van der Waals surface area contributed by atoms with Crippen molar-refractivity contribution in [1.82, 2.24) is 10.2 Å². The van der Waals surface area contributed by atoms with E-state index < -0.39 is 0 Å². The summed E-state index contributed by atoms with van der Waals surface area (Å²) >= 11 is 0. The van der Waals surface area contributed by atoms with Crippen molar-refractivity contribution in [1.29, 1.82) is 0 Å². The Hall–Kier alpha value is -2.13. The standard InChI is InChI=1S/C20H26N2O/c1-15(2)16-9-11-17(12-10-16)20(23)21-13-18-7-5-6-8-19(18)14-22(3)4/h5-12,15H,13-14H2,1-4H3,(H,21,23). The van der Waals surface area contributed by atoms with Crippen molar-refractivity contribution in [2.75, 3.05) is 14.1 Å². The van der Waals surface area contributed by atoms with Crippen LogP contribution in [-0.2, 0) is 13.1 Å². The predicted octanol–water partition coefficient (Wildman–Crippen LogP) is 3.80. The molecule has 0 bridgehead atoms. The van der Waals surface area contributed by atoms with Gasteiger partial charge in [0.05, 0.1) is 0 Å². The smallest absolute Gasteiger partial charge is 0.251 e. The average molecular weight is 310 g/mol. The molecule has 3 heteroatoms. The van der Waals surface area contributed by atoms with E-state index in [0.29, 0.717) is 18.0 Å². The molecule has 1 amide bonds. The van der Waals surface area contributed by atoms with Gasteiger partial charge in [0.15, 0.2) is 0 Å². The van der Waals surface area contributed by atoms with E-state index in [2.05, 4.69) is 36.2 Å². The van der Waals surface area contributed by atoms with Crippen LogP contribution >= 0.6 is 0 Å². The molecule has 0 aliphatic carbocycles. The Bertz CT molecular complexity index is 645. The quantitative estimate of drug-likeness (QED) is 0.880. The van der Waals surface area contributed by atoms with Gasteiger partial charge in [-0.05, 0) is 48.8 Å². The Morgan fingerprint density at radius 3 is 2.17 bits per heavy atom. The van der Waals surface area contributed by atoms with Crippen LogP contribution < -0.4 is 5.32 Å². The summed E-state index contributed by atoms with van der Waals surface area (Å²) in [6.07, 6.45) is 0. The van der Waals surface area contributed by atoms with Gasteiger partial charge in [0.1, 0.15) is 0 Å². The van der Waals surface area contributed by atoms with Crippen LogP contribution in [0.25, 0.3) is 0 Å². The number of benzene rings is 2. The topological polar surface area (TPSA) is 32.3 Å². The maximum Gasteiger partial charge on any atom is 0.251 e. The van der Waals surface area contributed by atoms with Crippen LogP contribution in [0, 0.1) is 0 Å². The summed E-state index contributed by atoms with van der Waals surface area (Å²) in [5.74, 6) is 0.449. The second-order valence-electron chi connectivity index (χ2n) is 6.47. The summed E-state index contributed by atoms with van der Waals surface area (Å²) in [5.41, 5.74) is 4.36. The third-order valence-electron chi connectivity index (χ3n) is 3.88. The maximum absolute atomic E-state index is 12.3. The average Bonchev–Trinajstić information content (AvgIpc) is 2.53. The highest BCUT2D eigenvalue weighted by Gasteiger charge is 2.08. The highest BCUT2D eigenvalue weighted by atomic mass is 16.1. The molecule has 122 valence electrons. The zero-order chi connectivity index (χ0) is 16.8. The van der Waals surface area contributed by atoms with Crippen LogP contribution in [0.1, 0.15) is 46.8 Å². The Kier molecular flexibility index (Phi) is 5.94. The van der Waals surface area contributed by atoms with E-state index in [1.165, 1.54) is 11.1 Å². The van der Waals surface area contributed by atoms with Crippen LogP contribution in [0.15, 0.2) is 48.5 Å². The molecule has 0 saturated carbocycles. The van der Waals surface area contributed by atoms with Gasteiger partial charge < -0.3 is 10.2 Å². The van der Waals surface area contributed by atoms with Crippen molar-refractivity contribution in [3.05, 3.63) is 70.8 Å². The van der Waals surface area contributed by atoms with Gasteiger partial charge in [0, 0.05) is 18.7 Å². The molecular formula is C20H26N2O.